The van der Waals surface area contributed by atoms with Gasteiger partial charge in [-0.25, -0.2) is 4.98 Å². The molecule has 3 heteroatoms. The summed E-state index contributed by atoms with van der Waals surface area (Å²) >= 11 is 0. The second-order valence-corrected chi connectivity index (χ2v) is 6.77. The van der Waals surface area contributed by atoms with Crippen molar-refractivity contribution in [3.05, 3.63) is 41.4 Å². The quantitative estimate of drug-likeness (QED) is 0.834. The molecule has 3 nitrogen and oxygen atoms in total. The molecule has 0 radical (unpaired) electrons. The summed E-state index contributed by atoms with van der Waals surface area (Å²) in [7, 11) is 0. The molecule has 0 saturated carbocycles. The first-order valence-corrected chi connectivity index (χ1v) is 7.62. The van der Waals surface area contributed by atoms with E-state index in [1.807, 2.05) is 6.20 Å². The highest BCUT2D eigenvalue weighted by atomic mass is 16.4. The monoisotopic (exact) mass is 286 g/mol. The Kier molecular flexibility index (Phi) is 4.84. The maximum atomic E-state index is 5.87. The van der Waals surface area contributed by atoms with Gasteiger partial charge in [0, 0.05) is 17.5 Å². The predicted molar refractivity (Wildman–Crippen MR) is 87.5 cm³/mol. The Hall–Kier alpha value is -1.61. The summed E-state index contributed by atoms with van der Waals surface area (Å²) < 4.78 is 5.87. The molecule has 1 N–H and O–H groups in total. The molecule has 114 valence electrons. The minimum atomic E-state index is 0.168. The standard InChI is InChI=1S/C18H26N2O/c1-13-9-14(2)11-15(10-13)16-12-19-17(21-16)7-6-8-20-18(3,4)5/h9-12,20H,6-8H2,1-5H3. The van der Waals surface area contributed by atoms with Gasteiger partial charge in [0.15, 0.2) is 11.7 Å². The SMILES string of the molecule is Cc1cc(C)cc(-c2cnc(CCCNC(C)(C)C)o2)c1. The van der Waals surface area contributed by atoms with Crippen LogP contribution in [0.5, 0.6) is 0 Å². The van der Waals surface area contributed by atoms with Gasteiger partial charge in [-0.05, 0) is 59.7 Å². The Morgan fingerprint density at radius 2 is 1.76 bits per heavy atom. The van der Waals surface area contributed by atoms with Crippen LogP contribution in [0.15, 0.2) is 28.8 Å². The number of aromatic nitrogens is 1. The summed E-state index contributed by atoms with van der Waals surface area (Å²) in [6.07, 6.45) is 3.73. The van der Waals surface area contributed by atoms with Crippen molar-refractivity contribution < 1.29 is 4.42 Å². The highest BCUT2D eigenvalue weighted by Gasteiger charge is 2.10. The van der Waals surface area contributed by atoms with Crippen molar-refractivity contribution in [1.82, 2.24) is 10.3 Å². The fourth-order valence-electron chi connectivity index (χ4n) is 2.38. The second-order valence-electron chi connectivity index (χ2n) is 6.77. The van der Waals surface area contributed by atoms with Crippen molar-refractivity contribution in [2.75, 3.05) is 6.54 Å². The molecule has 2 rings (SSSR count). The molecule has 0 aliphatic rings. The van der Waals surface area contributed by atoms with Crippen LogP contribution in [-0.4, -0.2) is 17.1 Å². The first-order valence-electron chi connectivity index (χ1n) is 7.62. The number of hydrogen-bond donors (Lipinski definition) is 1. The van der Waals surface area contributed by atoms with Crippen molar-refractivity contribution in [2.45, 2.75) is 53.0 Å². The molecule has 0 aliphatic heterocycles. The summed E-state index contributed by atoms with van der Waals surface area (Å²) in [6, 6.07) is 6.44. The third kappa shape index (κ3) is 5.01. The van der Waals surface area contributed by atoms with Crippen LogP contribution in [0, 0.1) is 13.8 Å². The lowest BCUT2D eigenvalue weighted by Gasteiger charge is -2.20. The first kappa shape index (κ1) is 15.8. The summed E-state index contributed by atoms with van der Waals surface area (Å²) in [5, 5.41) is 3.48. The van der Waals surface area contributed by atoms with Gasteiger partial charge < -0.3 is 9.73 Å². The van der Waals surface area contributed by atoms with E-state index in [1.54, 1.807) is 0 Å². The Morgan fingerprint density at radius 1 is 1.10 bits per heavy atom. The van der Waals surface area contributed by atoms with Gasteiger partial charge in [-0.3, -0.25) is 0 Å². The van der Waals surface area contributed by atoms with Crippen molar-refractivity contribution in [3.63, 3.8) is 0 Å². The minimum Gasteiger partial charge on any atom is -0.441 e. The summed E-state index contributed by atoms with van der Waals surface area (Å²) in [5.74, 6) is 1.68. The lowest BCUT2D eigenvalue weighted by molar-refractivity contribution is 0.412. The number of nitrogens with zero attached hydrogens (tertiary/aromatic N) is 1. The molecule has 0 unspecified atom stereocenters. The largest absolute Gasteiger partial charge is 0.441 e. The molecule has 1 aromatic carbocycles. The number of nitrogens with one attached hydrogen (secondary N) is 1. The van der Waals surface area contributed by atoms with E-state index in [-0.39, 0.29) is 5.54 Å². The van der Waals surface area contributed by atoms with Crippen LogP contribution in [0.1, 0.15) is 44.2 Å². The molecule has 0 atom stereocenters. The molecule has 2 aromatic rings. The normalized spacial score (nSPS) is 11.9. The molecular weight excluding hydrogens is 260 g/mol. The fraction of sp³-hybridized carbons (Fsp3) is 0.500. The lowest BCUT2D eigenvalue weighted by atomic mass is 10.1. The molecule has 0 spiro atoms. The maximum absolute atomic E-state index is 5.87. The third-order valence-corrected chi connectivity index (χ3v) is 3.28. The predicted octanol–water partition coefficient (Wildman–Crippen LogP) is 4.28. The average molecular weight is 286 g/mol. The number of rotatable bonds is 5. The number of aryl methyl sites for hydroxylation is 3. The Labute approximate surface area is 127 Å². The molecule has 0 amide bonds. The van der Waals surface area contributed by atoms with Crippen molar-refractivity contribution in [3.8, 4) is 11.3 Å². The van der Waals surface area contributed by atoms with E-state index in [0.717, 1.165) is 36.6 Å². The molecular formula is C18H26N2O. The van der Waals surface area contributed by atoms with Gasteiger partial charge in [0.25, 0.3) is 0 Å². The van der Waals surface area contributed by atoms with E-state index in [4.69, 9.17) is 4.42 Å². The second kappa shape index (κ2) is 6.44. The molecule has 1 aromatic heterocycles. The number of hydrogen-bond acceptors (Lipinski definition) is 3. The zero-order valence-electron chi connectivity index (χ0n) is 13.8. The topological polar surface area (TPSA) is 38.1 Å². The summed E-state index contributed by atoms with van der Waals surface area (Å²) in [5.41, 5.74) is 3.77. The average Bonchev–Trinajstić information content (AvgIpc) is 2.81. The highest BCUT2D eigenvalue weighted by molar-refractivity contribution is 5.58. The van der Waals surface area contributed by atoms with Crippen LogP contribution < -0.4 is 5.32 Å². The van der Waals surface area contributed by atoms with Gasteiger partial charge in [0.05, 0.1) is 6.20 Å². The van der Waals surface area contributed by atoms with Crippen LogP contribution in [0.2, 0.25) is 0 Å². The van der Waals surface area contributed by atoms with E-state index in [2.05, 4.69) is 63.1 Å². The van der Waals surface area contributed by atoms with Gasteiger partial charge in [0.2, 0.25) is 0 Å². The zero-order chi connectivity index (χ0) is 15.5. The van der Waals surface area contributed by atoms with Crippen molar-refractivity contribution in [1.29, 1.82) is 0 Å². The molecule has 0 saturated heterocycles. The van der Waals surface area contributed by atoms with Crippen LogP contribution >= 0.6 is 0 Å². The number of oxazole rings is 1. The van der Waals surface area contributed by atoms with Crippen LogP contribution in [0.3, 0.4) is 0 Å². The minimum absolute atomic E-state index is 0.168. The van der Waals surface area contributed by atoms with E-state index in [1.165, 1.54) is 11.1 Å². The fourth-order valence-corrected chi connectivity index (χ4v) is 2.38. The molecule has 0 aliphatic carbocycles. The Bertz CT molecular complexity index is 573. The van der Waals surface area contributed by atoms with E-state index < -0.39 is 0 Å². The zero-order valence-corrected chi connectivity index (χ0v) is 13.8. The lowest BCUT2D eigenvalue weighted by Crippen LogP contribution is -2.36. The molecule has 0 fully saturated rings. The van der Waals surface area contributed by atoms with Gasteiger partial charge >= 0.3 is 0 Å². The smallest absolute Gasteiger partial charge is 0.194 e. The summed E-state index contributed by atoms with van der Waals surface area (Å²) in [6.45, 7) is 11.7. The number of benzene rings is 1. The van der Waals surface area contributed by atoms with Gasteiger partial charge in [-0.15, -0.1) is 0 Å². The molecule has 0 bridgehead atoms. The van der Waals surface area contributed by atoms with Crippen LogP contribution in [0.25, 0.3) is 11.3 Å². The highest BCUT2D eigenvalue weighted by Crippen LogP contribution is 2.23. The van der Waals surface area contributed by atoms with Gasteiger partial charge in [0.1, 0.15) is 0 Å². The maximum Gasteiger partial charge on any atom is 0.194 e. The van der Waals surface area contributed by atoms with E-state index >= 15 is 0 Å². The van der Waals surface area contributed by atoms with Crippen LogP contribution in [-0.2, 0) is 6.42 Å². The van der Waals surface area contributed by atoms with Gasteiger partial charge in [-0.2, -0.15) is 0 Å². The van der Waals surface area contributed by atoms with E-state index in [0.29, 0.717) is 0 Å². The first-order chi connectivity index (χ1) is 9.83. The molecule has 21 heavy (non-hydrogen) atoms. The third-order valence-electron chi connectivity index (χ3n) is 3.28. The Balaban J connectivity index is 1.95. The van der Waals surface area contributed by atoms with Crippen molar-refractivity contribution >= 4 is 0 Å². The van der Waals surface area contributed by atoms with Gasteiger partial charge in [-0.1, -0.05) is 17.2 Å². The van der Waals surface area contributed by atoms with E-state index in [9.17, 15) is 0 Å². The Morgan fingerprint density at radius 3 is 2.38 bits per heavy atom. The van der Waals surface area contributed by atoms with Crippen molar-refractivity contribution in [2.24, 2.45) is 0 Å². The summed E-state index contributed by atoms with van der Waals surface area (Å²) in [4.78, 5) is 4.39. The molecule has 1 heterocycles. The van der Waals surface area contributed by atoms with Crippen LogP contribution in [0.4, 0.5) is 0 Å².